The van der Waals surface area contributed by atoms with E-state index in [1.165, 1.54) is 15.8 Å². The molecule has 5 rings (SSSR count). The second kappa shape index (κ2) is 8.14. The molecular weight excluding hydrogens is 408 g/mol. The van der Waals surface area contributed by atoms with Crippen molar-refractivity contribution in [3.63, 3.8) is 0 Å². The minimum atomic E-state index is -0.390. The highest BCUT2D eigenvalue weighted by Crippen LogP contribution is 2.33. The van der Waals surface area contributed by atoms with E-state index < -0.39 is 6.04 Å². The van der Waals surface area contributed by atoms with E-state index in [1.807, 2.05) is 42.5 Å². The van der Waals surface area contributed by atoms with Crippen LogP contribution in [0.15, 0.2) is 87.4 Å². The Balaban J connectivity index is 1.50. The highest BCUT2D eigenvalue weighted by atomic mass is 16.5. The van der Waals surface area contributed by atoms with Crippen LogP contribution in [0.1, 0.15) is 23.8 Å². The molecule has 1 aliphatic rings. The maximum absolute atomic E-state index is 13.4. The average Bonchev–Trinajstić information content (AvgIpc) is 3.51. The van der Waals surface area contributed by atoms with E-state index in [1.54, 1.807) is 31.6 Å². The summed E-state index contributed by atoms with van der Waals surface area (Å²) in [6.07, 6.45) is 3.30. The summed E-state index contributed by atoms with van der Waals surface area (Å²) in [7, 11) is 1.61. The first-order valence-electron chi connectivity index (χ1n) is 10.2. The normalized spacial score (nSPS) is 15.7. The molecule has 4 aromatic rings. The third-order valence-corrected chi connectivity index (χ3v) is 5.51. The zero-order chi connectivity index (χ0) is 22.1. The Labute approximate surface area is 183 Å². The van der Waals surface area contributed by atoms with Crippen molar-refractivity contribution in [3.05, 3.63) is 94.8 Å². The second-order valence-corrected chi connectivity index (χ2v) is 7.42. The third-order valence-electron chi connectivity index (χ3n) is 5.51. The van der Waals surface area contributed by atoms with Gasteiger partial charge in [-0.15, -0.1) is 0 Å². The lowest BCUT2D eigenvalue weighted by molar-refractivity contribution is -0.134. The quantitative estimate of drug-likeness (QED) is 0.486. The number of methoxy groups -OCH3 is 1. The predicted molar refractivity (Wildman–Crippen MR) is 118 cm³/mol. The number of benzene rings is 2. The molecule has 0 radical (unpaired) electrons. The van der Waals surface area contributed by atoms with Crippen molar-refractivity contribution in [3.8, 4) is 5.75 Å². The molecule has 0 N–H and O–H groups in total. The van der Waals surface area contributed by atoms with Crippen LogP contribution in [0.5, 0.6) is 5.75 Å². The standard InChI is InChI=1S/C24H20N4O4/c1-31-17-10-8-16(9-11-17)19-13-21(22-7-4-12-32-22)28(26-19)24(30)15-27-20-6-3-2-5-18(20)25-14-23(27)29/h2-12,14,21H,13,15H2,1H3/t21-/m1/s1. The lowest BCUT2D eigenvalue weighted by atomic mass is 10.0. The second-order valence-electron chi connectivity index (χ2n) is 7.42. The van der Waals surface area contributed by atoms with Gasteiger partial charge in [0.15, 0.2) is 0 Å². The van der Waals surface area contributed by atoms with Crippen molar-refractivity contribution in [2.45, 2.75) is 19.0 Å². The first-order chi connectivity index (χ1) is 15.6. The number of rotatable bonds is 5. The number of hydrogen-bond donors (Lipinski definition) is 0. The molecule has 1 aliphatic heterocycles. The molecule has 1 amide bonds. The fraction of sp³-hybridized carbons (Fsp3) is 0.167. The molecule has 3 heterocycles. The van der Waals surface area contributed by atoms with Crippen LogP contribution in [0.4, 0.5) is 0 Å². The van der Waals surface area contributed by atoms with E-state index in [0.717, 1.165) is 17.0 Å². The van der Waals surface area contributed by atoms with Crippen LogP contribution in [-0.4, -0.2) is 33.3 Å². The average molecular weight is 428 g/mol. The number of nitrogens with zero attached hydrogens (tertiary/aromatic N) is 4. The predicted octanol–water partition coefficient (Wildman–Crippen LogP) is 3.38. The molecule has 32 heavy (non-hydrogen) atoms. The van der Waals surface area contributed by atoms with E-state index in [2.05, 4.69) is 10.1 Å². The minimum absolute atomic E-state index is 0.154. The van der Waals surface area contributed by atoms with Crippen LogP contribution in [0, 0.1) is 0 Å². The molecule has 0 saturated carbocycles. The Bertz CT molecular complexity index is 1360. The molecule has 8 heteroatoms. The Morgan fingerprint density at radius 1 is 1.12 bits per heavy atom. The highest BCUT2D eigenvalue weighted by molar-refractivity contribution is 6.03. The number of furan rings is 1. The Morgan fingerprint density at radius 3 is 2.69 bits per heavy atom. The molecule has 2 aromatic heterocycles. The molecule has 0 fully saturated rings. The van der Waals surface area contributed by atoms with Gasteiger partial charge in [-0.25, -0.2) is 9.99 Å². The monoisotopic (exact) mass is 428 g/mol. The maximum Gasteiger partial charge on any atom is 0.269 e. The molecular formula is C24H20N4O4. The largest absolute Gasteiger partial charge is 0.497 e. The summed E-state index contributed by atoms with van der Waals surface area (Å²) in [5, 5.41) is 6.04. The van der Waals surface area contributed by atoms with Gasteiger partial charge in [0.2, 0.25) is 0 Å². The topological polar surface area (TPSA) is 89.9 Å². The number of fused-ring (bicyclic) bond motifs is 1. The summed E-state index contributed by atoms with van der Waals surface area (Å²) in [4.78, 5) is 30.0. The van der Waals surface area contributed by atoms with Crippen molar-refractivity contribution in [2.75, 3.05) is 7.11 Å². The third kappa shape index (κ3) is 3.56. The van der Waals surface area contributed by atoms with Crippen LogP contribution >= 0.6 is 0 Å². The highest BCUT2D eigenvalue weighted by Gasteiger charge is 2.35. The van der Waals surface area contributed by atoms with Gasteiger partial charge in [0.25, 0.3) is 11.5 Å². The van der Waals surface area contributed by atoms with Crippen molar-refractivity contribution in [2.24, 2.45) is 5.10 Å². The van der Waals surface area contributed by atoms with Gasteiger partial charge < -0.3 is 9.15 Å². The number of hydrazone groups is 1. The van der Waals surface area contributed by atoms with Gasteiger partial charge in [-0.2, -0.15) is 5.10 Å². The van der Waals surface area contributed by atoms with Gasteiger partial charge in [0.1, 0.15) is 24.1 Å². The summed E-state index contributed by atoms with van der Waals surface area (Å²) in [5.74, 6) is 1.07. The van der Waals surface area contributed by atoms with E-state index in [-0.39, 0.29) is 18.0 Å². The number of aromatic nitrogens is 2. The number of amides is 1. The van der Waals surface area contributed by atoms with Crippen LogP contribution in [0.25, 0.3) is 11.0 Å². The van der Waals surface area contributed by atoms with Crippen molar-refractivity contribution < 1.29 is 13.9 Å². The van der Waals surface area contributed by atoms with Gasteiger partial charge in [0, 0.05) is 6.42 Å². The first kappa shape index (κ1) is 19.7. The number of carbonyl (C=O) groups is 1. The number of carbonyl (C=O) groups excluding carboxylic acids is 1. The summed E-state index contributed by atoms with van der Waals surface area (Å²) < 4.78 is 12.2. The lowest BCUT2D eigenvalue weighted by Crippen LogP contribution is -2.34. The van der Waals surface area contributed by atoms with Crippen LogP contribution in [-0.2, 0) is 11.3 Å². The summed E-state index contributed by atoms with van der Waals surface area (Å²) in [6, 6.07) is 18.0. The number of ether oxygens (including phenoxy) is 1. The minimum Gasteiger partial charge on any atom is -0.497 e. The number of para-hydroxylation sites is 2. The fourth-order valence-electron chi connectivity index (χ4n) is 3.89. The van der Waals surface area contributed by atoms with E-state index >= 15 is 0 Å². The van der Waals surface area contributed by atoms with Crippen molar-refractivity contribution in [1.82, 2.24) is 14.6 Å². The molecule has 0 aliphatic carbocycles. The van der Waals surface area contributed by atoms with Gasteiger partial charge in [0.05, 0.1) is 36.3 Å². The smallest absolute Gasteiger partial charge is 0.269 e. The van der Waals surface area contributed by atoms with Gasteiger partial charge in [-0.1, -0.05) is 12.1 Å². The summed E-state index contributed by atoms with van der Waals surface area (Å²) in [6.45, 7) is -0.154. The summed E-state index contributed by atoms with van der Waals surface area (Å²) >= 11 is 0. The maximum atomic E-state index is 13.4. The van der Waals surface area contributed by atoms with Crippen LogP contribution in [0.3, 0.4) is 0 Å². The van der Waals surface area contributed by atoms with E-state index in [4.69, 9.17) is 9.15 Å². The summed E-state index contributed by atoms with van der Waals surface area (Å²) in [5.41, 5.74) is 2.55. The number of hydrogen-bond acceptors (Lipinski definition) is 6. The Kier molecular flexibility index (Phi) is 5.03. The zero-order valence-electron chi connectivity index (χ0n) is 17.3. The fourth-order valence-corrected chi connectivity index (χ4v) is 3.89. The molecule has 0 unspecified atom stereocenters. The van der Waals surface area contributed by atoms with Gasteiger partial charge in [-0.3, -0.25) is 14.2 Å². The van der Waals surface area contributed by atoms with Gasteiger partial charge in [-0.05, 0) is 54.1 Å². The molecule has 1 atom stereocenters. The van der Waals surface area contributed by atoms with E-state index in [9.17, 15) is 9.59 Å². The Hall–Kier alpha value is -4.20. The van der Waals surface area contributed by atoms with Gasteiger partial charge >= 0.3 is 0 Å². The Morgan fingerprint density at radius 2 is 1.94 bits per heavy atom. The lowest BCUT2D eigenvalue weighted by Gasteiger charge is -2.20. The first-order valence-corrected chi connectivity index (χ1v) is 10.2. The molecule has 0 spiro atoms. The SMILES string of the molecule is COc1ccc(C2=NN(C(=O)Cn3c(=O)cnc4ccccc43)[C@@H](c3ccco3)C2)cc1. The molecule has 0 saturated heterocycles. The molecule has 0 bridgehead atoms. The van der Waals surface area contributed by atoms with Crippen LogP contribution in [0.2, 0.25) is 0 Å². The van der Waals surface area contributed by atoms with Crippen molar-refractivity contribution >= 4 is 22.7 Å². The van der Waals surface area contributed by atoms with E-state index in [0.29, 0.717) is 23.2 Å². The molecule has 2 aromatic carbocycles. The zero-order valence-corrected chi connectivity index (χ0v) is 17.3. The molecule has 160 valence electrons. The molecule has 8 nitrogen and oxygen atoms in total. The van der Waals surface area contributed by atoms with Crippen molar-refractivity contribution in [1.29, 1.82) is 0 Å². The van der Waals surface area contributed by atoms with Crippen LogP contribution < -0.4 is 10.3 Å².